The summed E-state index contributed by atoms with van der Waals surface area (Å²) in [5.74, 6) is -0.941. The minimum absolute atomic E-state index is 0.0563. The number of nitrogens with zero attached hydrogens (tertiary/aromatic N) is 1. The van der Waals surface area contributed by atoms with Crippen molar-refractivity contribution in [3.63, 3.8) is 0 Å². The van der Waals surface area contributed by atoms with Crippen LogP contribution in [-0.4, -0.2) is 65.6 Å². The molecule has 0 fully saturated rings. The lowest BCUT2D eigenvalue weighted by atomic mass is 9.89. The summed E-state index contributed by atoms with van der Waals surface area (Å²) in [6, 6.07) is 7.75. The van der Waals surface area contributed by atoms with Crippen LogP contribution < -0.4 is 5.32 Å². The fourth-order valence-corrected chi connectivity index (χ4v) is 3.46. The molecule has 0 spiro atoms. The number of aliphatic hydroxyl groups is 2. The van der Waals surface area contributed by atoms with E-state index in [1.807, 2.05) is 35.2 Å². The third-order valence-corrected chi connectivity index (χ3v) is 5.56. The van der Waals surface area contributed by atoms with E-state index in [0.717, 1.165) is 18.4 Å². The van der Waals surface area contributed by atoms with Gasteiger partial charge in [0.05, 0.1) is 13.2 Å². The van der Waals surface area contributed by atoms with Crippen molar-refractivity contribution in [2.75, 3.05) is 20.2 Å². The van der Waals surface area contributed by atoms with Gasteiger partial charge in [-0.05, 0) is 42.3 Å². The number of nitrogens with one attached hydrogen (secondary N) is 1. The van der Waals surface area contributed by atoms with E-state index in [2.05, 4.69) is 46.9 Å². The fourth-order valence-electron chi connectivity index (χ4n) is 3.46. The van der Waals surface area contributed by atoms with Crippen LogP contribution in [0, 0.1) is 10.8 Å². The Morgan fingerprint density at radius 2 is 1.48 bits per heavy atom. The predicted molar refractivity (Wildman–Crippen MR) is 130 cm³/mol. The van der Waals surface area contributed by atoms with Crippen LogP contribution in [0.5, 0.6) is 0 Å². The molecule has 188 valence electrons. The highest BCUT2D eigenvalue weighted by atomic mass is 16.5. The molecule has 0 aliphatic heterocycles. The summed E-state index contributed by atoms with van der Waals surface area (Å²) in [5.41, 5.74) is 1.01. The molecule has 3 N–H and O–H groups in total. The molecule has 0 aliphatic carbocycles. The van der Waals surface area contributed by atoms with Crippen molar-refractivity contribution in [2.24, 2.45) is 10.8 Å². The highest BCUT2D eigenvalue weighted by molar-refractivity contribution is 5.87. The standard InChI is InChI=1S/C26H44N2O5/c1-25(2,3)13-15-28(16-14-26(4,5)6)21(18-22(29)30)23(31)27-20(24(32)33-7)17-19-11-9-8-10-12-19/h8-12,20-22,29-30H,13-18H2,1-7H3,(H,27,31)/t20?,21-/m0/s1. The lowest BCUT2D eigenvalue weighted by Gasteiger charge is -2.35. The lowest BCUT2D eigenvalue weighted by molar-refractivity contribution is -0.146. The number of methoxy groups -OCH3 is 1. The molecule has 0 saturated carbocycles. The molecule has 1 amide bonds. The number of amides is 1. The molecule has 1 unspecified atom stereocenters. The van der Waals surface area contributed by atoms with Gasteiger partial charge in [-0.2, -0.15) is 0 Å². The molecule has 33 heavy (non-hydrogen) atoms. The predicted octanol–water partition coefficient (Wildman–Crippen LogP) is 3.13. The highest BCUT2D eigenvalue weighted by Gasteiger charge is 2.32. The zero-order valence-electron chi connectivity index (χ0n) is 21.4. The Hall–Kier alpha value is -1.96. The minimum Gasteiger partial charge on any atom is -0.467 e. The number of rotatable bonds is 12. The molecule has 0 radical (unpaired) electrons. The zero-order chi connectivity index (χ0) is 25.2. The van der Waals surface area contributed by atoms with Crippen LogP contribution >= 0.6 is 0 Å². The molecule has 7 nitrogen and oxygen atoms in total. The van der Waals surface area contributed by atoms with Crippen molar-refractivity contribution in [1.29, 1.82) is 0 Å². The molecule has 0 aliphatic rings. The summed E-state index contributed by atoms with van der Waals surface area (Å²) in [6.45, 7) is 14.1. The first-order chi connectivity index (χ1) is 15.2. The first kappa shape index (κ1) is 29.1. The van der Waals surface area contributed by atoms with Crippen molar-refractivity contribution < 1.29 is 24.5 Å². The van der Waals surface area contributed by atoms with E-state index < -0.39 is 30.3 Å². The number of ether oxygens (including phenoxy) is 1. The van der Waals surface area contributed by atoms with E-state index in [9.17, 15) is 19.8 Å². The van der Waals surface area contributed by atoms with Gasteiger partial charge >= 0.3 is 5.97 Å². The largest absolute Gasteiger partial charge is 0.467 e. The Kier molecular flexibility index (Phi) is 11.5. The van der Waals surface area contributed by atoms with E-state index in [4.69, 9.17) is 4.74 Å². The second-order valence-electron chi connectivity index (χ2n) is 11.2. The van der Waals surface area contributed by atoms with Gasteiger partial charge in [0.2, 0.25) is 5.91 Å². The van der Waals surface area contributed by atoms with Crippen LogP contribution in [0.1, 0.15) is 66.4 Å². The summed E-state index contributed by atoms with van der Waals surface area (Å²) < 4.78 is 4.93. The van der Waals surface area contributed by atoms with Crippen molar-refractivity contribution in [3.8, 4) is 0 Å². The van der Waals surface area contributed by atoms with Crippen LogP contribution in [-0.2, 0) is 20.7 Å². The van der Waals surface area contributed by atoms with E-state index in [1.54, 1.807) is 0 Å². The first-order valence-corrected chi connectivity index (χ1v) is 11.7. The van der Waals surface area contributed by atoms with Crippen molar-refractivity contribution >= 4 is 11.9 Å². The normalized spacial score (nSPS) is 14.3. The topological polar surface area (TPSA) is 99.1 Å². The number of hydrogen-bond donors (Lipinski definition) is 3. The van der Waals surface area contributed by atoms with Crippen LogP contribution in [0.3, 0.4) is 0 Å². The van der Waals surface area contributed by atoms with E-state index in [0.29, 0.717) is 13.1 Å². The van der Waals surface area contributed by atoms with Gasteiger partial charge in [0.1, 0.15) is 6.04 Å². The molecule has 1 aromatic rings. The summed E-state index contributed by atoms with van der Waals surface area (Å²) in [5, 5.41) is 22.3. The average molecular weight is 465 g/mol. The number of aliphatic hydroxyl groups excluding tert-OH is 1. The van der Waals surface area contributed by atoms with Crippen LogP contribution in [0.15, 0.2) is 30.3 Å². The number of carbonyl (C=O) groups excluding carboxylic acids is 2. The number of benzene rings is 1. The third-order valence-electron chi connectivity index (χ3n) is 5.56. The SMILES string of the molecule is COC(=O)C(Cc1ccccc1)NC(=O)[C@H](CC(O)O)N(CCC(C)(C)C)CCC(C)(C)C. The molecule has 2 atom stereocenters. The van der Waals surface area contributed by atoms with Gasteiger partial charge in [0.25, 0.3) is 0 Å². The quantitative estimate of drug-likeness (QED) is 0.325. The highest BCUT2D eigenvalue weighted by Crippen LogP contribution is 2.24. The summed E-state index contributed by atoms with van der Waals surface area (Å²) in [7, 11) is 1.29. The number of carbonyl (C=O) groups is 2. The Labute approximate surface area is 199 Å². The maximum Gasteiger partial charge on any atom is 0.328 e. The average Bonchev–Trinajstić information content (AvgIpc) is 2.70. The maximum absolute atomic E-state index is 13.4. The Bertz CT molecular complexity index is 704. The molecular weight excluding hydrogens is 420 g/mol. The Balaban J connectivity index is 3.13. The molecule has 1 aromatic carbocycles. The molecule has 0 aromatic heterocycles. The van der Waals surface area contributed by atoms with E-state index >= 15 is 0 Å². The molecule has 0 bridgehead atoms. The maximum atomic E-state index is 13.4. The summed E-state index contributed by atoms with van der Waals surface area (Å²) >= 11 is 0. The summed E-state index contributed by atoms with van der Waals surface area (Å²) in [4.78, 5) is 27.9. The Morgan fingerprint density at radius 3 is 1.91 bits per heavy atom. The summed E-state index contributed by atoms with van der Waals surface area (Å²) in [6.07, 6.45) is 0.190. The monoisotopic (exact) mass is 464 g/mol. The smallest absolute Gasteiger partial charge is 0.328 e. The van der Waals surface area contributed by atoms with Crippen molar-refractivity contribution in [2.45, 2.75) is 85.6 Å². The van der Waals surface area contributed by atoms with Gasteiger partial charge in [-0.15, -0.1) is 0 Å². The van der Waals surface area contributed by atoms with Gasteiger partial charge < -0.3 is 20.3 Å². The van der Waals surface area contributed by atoms with Gasteiger partial charge in [-0.1, -0.05) is 71.9 Å². The molecule has 7 heteroatoms. The van der Waals surface area contributed by atoms with E-state index in [1.165, 1.54) is 7.11 Å². The Morgan fingerprint density at radius 1 is 0.970 bits per heavy atom. The van der Waals surface area contributed by atoms with Gasteiger partial charge in [-0.25, -0.2) is 4.79 Å². The molecular formula is C26H44N2O5. The second-order valence-corrected chi connectivity index (χ2v) is 11.2. The lowest BCUT2D eigenvalue weighted by Crippen LogP contribution is -2.54. The molecule has 0 heterocycles. The van der Waals surface area contributed by atoms with Crippen LogP contribution in [0.25, 0.3) is 0 Å². The first-order valence-electron chi connectivity index (χ1n) is 11.7. The second kappa shape index (κ2) is 13.1. The van der Waals surface area contributed by atoms with Gasteiger partial charge in [0, 0.05) is 12.8 Å². The fraction of sp³-hybridized carbons (Fsp3) is 0.692. The minimum atomic E-state index is -1.64. The zero-order valence-corrected chi connectivity index (χ0v) is 21.4. The van der Waals surface area contributed by atoms with Gasteiger partial charge in [-0.3, -0.25) is 9.69 Å². The number of hydrogen-bond acceptors (Lipinski definition) is 6. The van der Waals surface area contributed by atoms with Crippen LogP contribution in [0.4, 0.5) is 0 Å². The van der Waals surface area contributed by atoms with Crippen molar-refractivity contribution in [1.82, 2.24) is 10.2 Å². The van der Waals surface area contributed by atoms with E-state index in [-0.39, 0.29) is 23.7 Å². The molecule has 1 rings (SSSR count). The van der Waals surface area contributed by atoms with Gasteiger partial charge in [0.15, 0.2) is 6.29 Å². The number of esters is 1. The molecule has 0 saturated heterocycles. The van der Waals surface area contributed by atoms with Crippen LogP contribution in [0.2, 0.25) is 0 Å². The van der Waals surface area contributed by atoms with Crippen molar-refractivity contribution in [3.05, 3.63) is 35.9 Å². The third kappa shape index (κ3) is 12.2.